The predicted octanol–water partition coefficient (Wildman–Crippen LogP) is 3.20. The minimum atomic E-state index is -1.14. The summed E-state index contributed by atoms with van der Waals surface area (Å²) in [5, 5.41) is 39.1. The molecule has 188 valence electrons. The van der Waals surface area contributed by atoms with E-state index in [-0.39, 0.29) is 0 Å². The molecule has 1 aliphatic carbocycles. The minimum Gasteiger partial charge on any atom is -0.390 e. The normalized spacial score (nSPS) is 22.2. The fourth-order valence-electron chi connectivity index (χ4n) is 4.69. The fourth-order valence-corrected chi connectivity index (χ4v) is 5.64. The molecule has 4 aromatic rings. The van der Waals surface area contributed by atoms with Crippen LogP contribution in [0.15, 0.2) is 36.8 Å². The number of aromatic nitrogens is 5. The maximum atomic E-state index is 10.8. The van der Waals surface area contributed by atoms with Gasteiger partial charge in [0.15, 0.2) is 0 Å². The summed E-state index contributed by atoms with van der Waals surface area (Å²) in [6.45, 7) is 7.12. The van der Waals surface area contributed by atoms with Gasteiger partial charge in [0.05, 0.1) is 34.2 Å². The van der Waals surface area contributed by atoms with Gasteiger partial charge in [-0.3, -0.25) is 9.97 Å². The summed E-state index contributed by atoms with van der Waals surface area (Å²) in [5.41, 5.74) is 2.84. The number of rotatable bonds is 6. The fraction of sp³-hybridized carbons (Fsp3) is 0.400. The number of aliphatic hydroxyl groups is 3. The number of pyridine rings is 2. The Hall–Kier alpha value is -3.25. The SMILES string of the molecule is Cc1cc(Nc2ncc(-c3nc4cnccc4s3)c(N[C@@H]3C[C@H](C(C)(C)O)[C@@H](O)[C@H]3O)n2)cc(C)n1. The molecule has 0 radical (unpaired) electrons. The molecule has 0 amide bonds. The van der Waals surface area contributed by atoms with Gasteiger partial charge in [0, 0.05) is 35.4 Å². The Balaban J connectivity index is 1.52. The molecule has 10 nitrogen and oxygen atoms in total. The molecule has 0 spiro atoms. The number of hydrogen-bond donors (Lipinski definition) is 5. The first-order valence-electron chi connectivity index (χ1n) is 11.7. The Morgan fingerprint density at radius 1 is 1.03 bits per heavy atom. The number of hydrogen-bond acceptors (Lipinski definition) is 11. The Morgan fingerprint density at radius 3 is 2.44 bits per heavy atom. The molecule has 0 bridgehead atoms. The second kappa shape index (κ2) is 9.32. The average molecular weight is 508 g/mol. The van der Waals surface area contributed by atoms with Gasteiger partial charge in [-0.1, -0.05) is 0 Å². The summed E-state index contributed by atoms with van der Waals surface area (Å²) in [5.74, 6) is 0.333. The molecule has 5 N–H and O–H groups in total. The van der Waals surface area contributed by atoms with E-state index in [9.17, 15) is 15.3 Å². The number of thiazole rings is 1. The van der Waals surface area contributed by atoms with Gasteiger partial charge in [-0.15, -0.1) is 11.3 Å². The van der Waals surface area contributed by atoms with Gasteiger partial charge < -0.3 is 26.0 Å². The Labute approximate surface area is 212 Å². The van der Waals surface area contributed by atoms with Crippen LogP contribution in [0.2, 0.25) is 0 Å². The largest absolute Gasteiger partial charge is 0.390 e. The van der Waals surface area contributed by atoms with E-state index >= 15 is 0 Å². The van der Waals surface area contributed by atoms with Crippen molar-refractivity contribution in [2.75, 3.05) is 10.6 Å². The van der Waals surface area contributed by atoms with E-state index in [2.05, 4.69) is 25.6 Å². The van der Waals surface area contributed by atoms with Crippen molar-refractivity contribution in [3.8, 4) is 10.6 Å². The number of nitrogens with one attached hydrogen (secondary N) is 2. The van der Waals surface area contributed by atoms with Gasteiger partial charge in [0.1, 0.15) is 22.4 Å². The molecule has 36 heavy (non-hydrogen) atoms. The molecule has 0 saturated heterocycles. The van der Waals surface area contributed by atoms with Crippen molar-refractivity contribution in [3.05, 3.63) is 48.2 Å². The second-order valence-electron chi connectivity index (χ2n) is 9.81. The number of anilines is 3. The second-order valence-corrected chi connectivity index (χ2v) is 10.8. The van der Waals surface area contributed by atoms with Crippen molar-refractivity contribution in [1.29, 1.82) is 0 Å². The van der Waals surface area contributed by atoms with E-state index < -0.39 is 29.8 Å². The van der Waals surface area contributed by atoms with Gasteiger partial charge in [0.25, 0.3) is 0 Å². The lowest BCUT2D eigenvalue weighted by Crippen LogP contribution is -2.40. The lowest BCUT2D eigenvalue weighted by atomic mass is 9.88. The van der Waals surface area contributed by atoms with Gasteiger partial charge in [-0.25, -0.2) is 9.97 Å². The van der Waals surface area contributed by atoms with E-state index in [1.165, 1.54) is 11.3 Å². The van der Waals surface area contributed by atoms with E-state index in [1.807, 2.05) is 32.0 Å². The van der Waals surface area contributed by atoms with Crippen LogP contribution in [0.4, 0.5) is 17.5 Å². The molecular weight excluding hydrogens is 478 g/mol. The highest BCUT2D eigenvalue weighted by Gasteiger charge is 2.47. The van der Waals surface area contributed by atoms with Crippen molar-refractivity contribution >= 4 is 39.0 Å². The van der Waals surface area contributed by atoms with Crippen LogP contribution in [-0.2, 0) is 0 Å². The van der Waals surface area contributed by atoms with E-state index in [4.69, 9.17) is 9.97 Å². The highest BCUT2D eigenvalue weighted by molar-refractivity contribution is 7.21. The molecule has 4 heterocycles. The monoisotopic (exact) mass is 507 g/mol. The van der Waals surface area contributed by atoms with Crippen LogP contribution in [0.1, 0.15) is 31.7 Å². The number of aryl methyl sites for hydroxylation is 2. The first kappa shape index (κ1) is 24.4. The standard InChI is InChI=1S/C25H29N7O3S/c1-12-7-14(8-13(2)28-12)29-24-27-10-15(23-31-18-11-26-6-5-19(18)36-23)22(32-24)30-17-9-16(25(3,4)35)20(33)21(17)34/h5-8,10-11,16-17,20-21,33-35H,9H2,1-4H3,(H2,27,28,29,30,32)/t16-,17+,20+,21-/m0/s1. The Kier molecular flexibility index (Phi) is 6.33. The van der Waals surface area contributed by atoms with Crippen LogP contribution >= 0.6 is 11.3 Å². The van der Waals surface area contributed by atoms with Crippen molar-refractivity contribution in [3.63, 3.8) is 0 Å². The third-order valence-electron chi connectivity index (χ3n) is 6.46. The summed E-state index contributed by atoms with van der Waals surface area (Å²) in [6, 6.07) is 5.19. The van der Waals surface area contributed by atoms with Crippen molar-refractivity contribution in [1.82, 2.24) is 24.9 Å². The van der Waals surface area contributed by atoms with E-state index in [0.717, 1.165) is 27.3 Å². The summed E-state index contributed by atoms with van der Waals surface area (Å²) >= 11 is 1.49. The maximum Gasteiger partial charge on any atom is 0.229 e. The van der Waals surface area contributed by atoms with Crippen molar-refractivity contribution < 1.29 is 15.3 Å². The number of nitrogens with zero attached hydrogens (tertiary/aromatic N) is 5. The lowest BCUT2D eigenvalue weighted by Gasteiger charge is -2.28. The zero-order valence-electron chi connectivity index (χ0n) is 20.5. The van der Waals surface area contributed by atoms with E-state index in [0.29, 0.717) is 28.8 Å². The first-order chi connectivity index (χ1) is 17.1. The van der Waals surface area contributed by atoms with Crippen LogP contribution in [0.3, 0.4) is 0 Å². The zero-order valence-corrected chi connectivity index (χ0v) is 21.3. The minimum absolute atomic E-state index is 0.362. The lowest BCUT2D eigenvalue weighted by molar-refractivity contribution is -0.0601. The molecule has 11 heteroatoms. The van der Waals surface area contributed by atoms with Crippen molar-refractivity contribution in [2.45, 2.75) is 58.0 Å². The smallest absolute Gasteiger partial charge is 0.229 e. The Bertz CT molecular complexity index is 1350. The molecule has 0 aromatic carbocycles. The highest BCUT2D eigenvalue weighted by Crippen LogP contribution is 2.39. The van der Waals surface area contributed by atoms with Crippen LogP contribution in [-0.4, -0.2) is 64.1 Å². The van der Waals surface area contributed by atoms with Crippen molar-refractivity contribution in [2.24, 2.45) is 5.92 Å². The molecule has 0 aliphatic heterocycles. The molecule has 4 aromatic heterocycles. The van der Waals surface area contributed by atoms with Crippen LogP contribution in [0.5, 0.6) is 0 Å². The Morgan fingerprint density at radius 2 is 1.78 bits per heavy atom. The number of fused-ring (bicyclic) bond motifs is 1. The van der Waals surface area contributed by atoms with Gasteiger partial charge in [-0.05, 0) is 52.3 Å². The maximum absolute atomic E-state index is 10.8. The summed E-state index contributed by atoms with van der Waals surface area (Å²) in [4.78, 5) is 22.5. The summed E-state index contributed by atoms with van der Waals surface area (Å²) < 4.78 is 0.981. The van der Waals surface area contributed by atoms with Crippen LogP contribution < -0.4 is 10.6 Å². The average Bonchev–Trinajstić information content (AvgIpc) is 3.35. The quantitative estimate of drug-likeness (QED) is 0.263. The third kappa shape index (κ3) is 4.87. The molecule has 1 fully saturated rings. The summed E-state index contributed by atoms with van der Waals surface area (Å²) in [7, 11) is 0. The van der Waals surface area contributed by atoms with Gasteiger partial charge in [-0.2, -0.15) is 4.98 Å². The molecule has 1 saturated carbocycles. The van der Waals surface area contributed by atoms with Crippen LogP contribution in [0, 0.1) is 19.8 Å². The highest BCUT2D eigenvalue weighted by atomic mass is 32.1. The topological polar surface area (TPSA) is 149 Å². The van der Waals surface area contributed by atoms with Crippen LogP contribution in [0.25, 0.3) is 20.8 Å². The molecule has 5 rings (SSSR count). The number of aliphatic hydroxyl groups excluding tert-OH is 2. The van der Waals surface area contributed by atoms with Gasteiger partial charge >= 0.3 is 0 Å². The molecule has 1 aliphatic rings. The third-order valence-corrected chi connectivity index (χ3v) is 7.53. The molecule has 4 atom stereocenters. The first-order valence-corrected chi connectivity index (χ1v) is 12.6. The molecular formula is C25H29N7O3S. The summed E-state index contributed by atoms with van der Waals surface area (Å²) in [6.07, 6.45) is 3.34. The predicted molar refractivity (Wildman–Crippen MR) is 139 cm³/mol. The molecule has 0 unspecified atom stereocenters. The van der Waals surface area contributed by atoms with E-state index in [1.54, 1.807) is 32.4 Å². The van der Waals surface area contributed by atoms with Gasteiger partial charge in [0.2, 0.25) is 5.95 Å². The zero-order chi connectivity index (χ0) is 25.6.